The number of halogens is 1. The minimum atomic E-state index is -0.338. The number of amides is 1. The lowest BCUT2D eigenvalue weighted by atomic mass is 10.1. The number of aryl methyl sites for hydroxylation is 1. The second-order valence-electron chi connectivity index (χ2n) is 5.18. The molecule has 1 aromatic heterocycles. The largest absolute Gasteiger partial charge is 0.392 e. The van der Waals surface area contributed by atoms with E-state index in [1.807, 2.05) is 0 Å². The summed E-state index contributed by atoms with van der Waals surface area (Å²) in [5.74, 6) is -0.652. The molecule has 0 aliphatic heterocycles. The van der Waals surface area contributed by atoms with Gasteiger partial charge in [0.25, 0.3) is 5.91 Å². The van der Waals surface area contributed by atoms with Gasteiger partial charge in [-0.3, -0.25) is 4.79 Å². The molecule has 0 saturated heterocycles. The topological polar surface area (TPSA) is 65.1 Å². The fourth-order valence-electron chi connectivity index (χ4n) is 2.44. The number of H-pyrrole nitrogens is 1. The van der Waals surface area contributed by atoms with Gasteiger partial charge in [0.2, 0.25) is 0 Å². The molecule has 0 unspecified atom stereocenters. The minimum absolute atomic E-state index is 0.0887. The highest BCUT2D eigenvalue weighted by atomic mass is 19.1. The van der Waals surface area contributed by atoms with E-state index in [4.69, 9.17) is 5.11 Å². The van der Waals surface area contributed by atoms with Crippen LogP contribution in [0.15, 0.2) is 42.5 Å². The van der Waals surface area contributed by atoms with E-state index in [0.717, 1.165) is 10.9 Å². The number of fused-ring (bicyclic) bond motifs is 1. The van der Waals surface area contributed by atoms with Gasteiger partial charge in [-0.25, -0.2) is 4.39 Å². The smallest absolute Gasteiger partial charge is 0.272 e. The highest BCUT2D eigenvalue weighted by molar-refractivity contribution is 6.06. The Hall–Kier alpha value is -2.66. The van der Waals surface area contributed by atoms with Gasteiger partial charge >= 0.3 is 0 Å². The lowest BCUT2D eigenvalue weighted by Gasteiger charge is -2.05. The third kappa shape index (κ3) is 2.71. The number of aromatic amines is 1. The summed E-state index contributed by atoms with van der Waals surface area (Å²) in [5.41, 5.74) is 3.03. The first-order chi connectivity index (χ1) is 10.6. The van der Waals surface area contributed by atoms with Crippen LogP contribution >= 0.6 is 0 Å². The SMILES string of the molecule is Cc1cc(F)cc2[nH]c(C(=O)Nc3cccc(CO)c3)cc12. The molecule has 112 valence electrons. The van der Waals surface area contributed by atoms with Gasteiger partial charge in [-0.2, -0.15) is 0 Å². The van der Waals surface area contributed by atoms with Crippen molar-refractivity contribution in [2.45, 2.75) is 13.5 Å². The third-order valence-electron chi connectivity index (χ3n) is 3.52. The molecule has 0 fully saturated rings. The lowest BCUT2D eigenvalue weighted by molar-refractivity contribution is 0.102. The zero-order chi connectivity index (χ0) is 15.7. The van der Waals surface area contributed by atoms with Crippen molar-refractivity contribution in [2.24, 2.45) is 0 Å². The van der Waals surface area contributed by atoms with Crippen LogP contribution in [0.3, 0.4) is 0 Å². The van der Waals surface area contributed by atoms with E-state index < -0.39 is 0 Å². The number of hydrogen-bond acceptors (Lipinski definition) is 2. The molecule has 2 aromatic carbocycles. The van der Waals surface area contributed by atoms with Crippen molar-refractivity contribution in [3.8, 4) is 0 Å². The predicted molar refractivity (Wildman–Crippen MR) is 83.3 cm³/mol. The molecule has 0 spiro atoms. The Kier molecular flexibility index (Phi) is 3.65. The van der Waals surface area contributed by atoms with Gasteiger partial charge in [0.05, 0.1) is 6.61 Å². The van der Waals surface area contributed by atoms with Crippen LogP contribution in [0.4, 0.5) is 10.1 Å². The summed E-state index contributed by atoms with van der Waals surface area (Å²) in [6.45, 7) is 1.71. The van der Waals surface area contributed by atoms with Crippen molar-refractivity contribution in [3.63, 3.8) is 0 Å². The standard InChI is InChI=1S/C17H15FN2O2/c1-10-5-12(18)7-15-14(10)8-16(20-15)17(22)19-13-4-2-3-11(6-13)9-21/h2-8,20-21H,9H2,1H3,(H,19,22). The molecular formula is C17H15FN2O2. The first kappa shape index (κ1) is 14.3. The number of aliphatic hydroxyl groups excluding tert-OH is 1. The number of benzene rings is 2. The maximum atomic E-state index is 13.4. The zero-order valence-electron chi connectivity index (χ0n) is 12.0. The number of aliphatic hydroxyl groups is 1. The van der Waals surface area contributed by atoms with Crippen LogP contribution in [0.2, 0.25) is 0 Å². The lowest BCUT2D eigenvalue weighted by Crippen LogP contribution is -2.12. The van der Waals surface area contributed by atoms with Crippen molar-refractivity contribution >= 4 is 22.5 Å². The molecule has 0 aliphatic carbocycles. The summed E-state index contributed by atoms with van der Waals surface area (Å²) < 4.78 is 13.4. The average Bonchev–Trinajstić information content (AvgIpc) is 2.92. The molecule has 1 amide bonds. The molecular weight excluding hydrogens is 283 g/mol. The Morgan fingerprint density at radius 3 is 2.86 bits per heavy atom. The van der Waals surface area contributed by atoms with Crippen LogP contribution in [-0.4, -0.2) is 16.0 Å². The van der Waals surface area contributed by atoms with Crippen molar-refractivity contribution in [1.29, 1.82) is 0 Å². The Bertz CT molecular complexity index is 855. The average molecular weight is 298 g/mol. The zero-order valence-corrected chi connectivity index (χ0v) is 12.0. The number of hydrogen-bond donors (Lipinski definition) is 3. The third-order valence-corrected chi connectivity index (χ3v) is 3.52. The van der Waals surface area contributed by atoms with Crippen LogP contribution in [0.1, 0.15) is 21.6 Å². The number of carbonyl (C=O) groups is 1. The fraction of sp³-hybridized carbons (Fsp3) is 0.118. The van der Waals surface area contributed by atoms with E-state index in [0.29, 0.717) is 22.5 Å². The number of nitrogens with one attached hydrogen (secondary N) is 2. The van der Waals surface area contributed by atoms with Gasteiger partial charge in [-0.05, 0) is 48.4 Å². The van der Waals surface area contributed by atoms with E-state index in [1.54, 1.807) is 37.3 Å². The molecule has 3 aromatic rings. The number of carbonyl (C=O) groups excluding carboxylic acids is 1. The van der Waals surface area contributed by atoms with Gasteiger partial charge in [-0.1, -0.05) is 12.1 Å². The minimum Gasteiger partial charge on any atom is -0.392 e. The molecule has 0 atom stereocenters. The Balaban J connectivity index is 1.90. The van der Waals surface area contributed by atoms with Crippen molar-refractivity contribution in [2.75, 3.05) is 5.32 Å². The van der Waals surface area contributed by atoms with Gasteiger partial charge in [0.1, 0.15) is 11.5 Å². The summed E-state index contributed by atoms with van der Waals surface area (Å²) in [6, 6.07) is 11.5. The maximum Gasteiger partial charge on any atom is 0.272 e. The molecule has 3 rings (SSSR count). The van der Waals surface area contributed by atoms with Crippen LogP contribution in [0.5, 0.6) is 0 Å². The Morgan fingerprint density at radius 2 is 2.09 bits per heavy atom. The quantitative estimate of drug-likeness (QED) is 0.694. The Labute approximate surface area is 126 Å². The first-order valence-corrected chi connectivity index (χ1v) is 6.87. The summed E-state index contributed by atoms with van der Waals surface area (Å²) in [5, 5.41) is 12.7. The van der Waals surface area contributed by atoms with Crippen LogP contribution in [0, 0.1) is 12.7 Å². The van der Waals surface area contributed by atoms with E-state index >= 15 is 0 Å². The highest BCUT2D eigenvalue weighted by Crippen LogP contribution is 2.22. The van der Waals surface area contributed by atoms with Crippen molar-refractivity contribution in [1.82, 2.24) is 4.98 Å². The molecule has 22 heavy (non-hydrogen) atoms. The molecule has 1 heterocycles. The van der Waals surface area contributed by atoms with Crippen molar-refractivity contribution in [3.05, 3.63) is 65.1 Å². The predicted octanol–water partition coefficient (Wildman–Crippen LogP) is 3.36. The summed E-state index contributed by atoms with van der Waals surface area (Å²) in [7, 11) is 0. The summed E-state index contributed by atoms with van der Waals surface area (Å²) in [4.78, 5) is 15.2. The number of aromatic nitrogens is 1. The summed E-state index contributed by atoms with van der Waals surface area (Å²) >= 11 is 0. The molecule has 0 bridgehead atoms. The van der Waals surface area contributed by atoms with Gasteiger partial charge in [0, 0.05) is 16.6 Å². The monoisotopic (exact) mass is 298 g/mol. The van der Waals surface area contributed by atoms with Crippen molar-refractivity contribution < 1.29 is 14.3 Å². The van der Waals surface area contributed by atoms with Gasteiger partial charge < -0.3 is 15.4 Å². The van der Waals surface area contributed by atoms with E-state index in [-0.39, 0.29) is 18.3 Å². The van der Waals surface area contributed by atoms with Crippen LogP contribution in [0.25, 0.3) is 10.9 Å². The van der Waals surface area contributed by atoms with E-state index in [1.165, 1.54) is 12.1 Å². The van der Waals surface area contributed by atoms with E-state index in [2.05, 4.69) is 10.3 Å². The molecule has 4 nitrogen and oxygen atoms in total. The maximum absolute atomic E-state index is 13.4. The molecule has 0 aliphatic rings. The molecule has 0 radical (unpaired) electrons. The van der Waals surface area contributed by atoms with Gasteiger partial charge in [-0.15, -0.1) is 0 Å². The summed E-state index contributed by atoms with van der Waals surface area (Å²) in [6.07, 6.45) is 0. The number of anilines is 1. The van der Waals surface area contributed by atoms with Crippen LogP contribution < -0.4 is 5.32 Å². The van der Waals surface area contributed by atoms with Crippen LogP contribution in [-0.2, 0) is 6.61 Å². The second kappa shape index (κ2) is 5.61. The fourth-order valence-corrected chi connectivity index (χ4v) is 2.44. The second-order valence-corrected chi connectivity index (χ2v) is 5.18. The molecule has 3 N–H and O–H groups in total. The number of rotatable bonds is 3. The van der Waals surface area contributed by atoms with E-state index in [9.17, 15) is 9.18 Å². The molecule has 0 saturated carbocycles. The Morgan fingerprint density at radius 1 is 1.27 bits per heavy atom. The molecule has 5 heteroatoms. The normalized spacial score (nSPS) is 10.9. The van der Waals surface area contributed by atoms with Gasteiger partial charge in [0.15, 0.2) is 0 Å². The highest BCUT2D eigenvalue weighted by Gasteiger charge is 2.12. The first-order valence-electron chi connectivity index (χ1n) is 6.87.